The summed E-state index contributed by atoms with van der Waals surface area (Å²) < 4.78 is 38.5. The lowest BCUT2D eigenvalue weighted by atomic mass is 10.0. The first-order valence-electron chi connectivity index (χ1n) is 7.77. The van der Waals surface area contributed by atoms with Gasteiger partial charge in [0.15, 0.2) is 6.10 Å². The highest BCUT2D eigenvalue weighted by molar-refractivity contribution is 9.10. The van der Waals surface area contributed by atoms with Crippen molar-refractivity contribution < 1.29 is 27.9 Å². The Hall–Kier alpha value is -2.39. The van der Waals surface area contributed by atoms with E-state index in [2.05, 4.69) is 21.2 Å². The number of alkyl halides is 3. The molecule has 5 nitrogen and oxygen atoms in total. The molecule has 27 heavy (non-hydrogen) atoms. The van der Waals surface area contributed by atoms with E-state index in [0.717, 1.165) is 34.3 Å². The van der Waals surface area contributed by atoms with Gasteiger partial charge in [0, 0.05) is 10.9 Å². The van der Waals surface area contributed by atoms with Crippen LogP contribution in [0.5, 0.6) is 0 Å². The number of amides is 2. The summed E-state index contributed by atoms with van der Waals surface area (Å²) in [6.45, 7) is 0. The maximum Gasteiger partial charge on any atom is 0.416 e. The van der Waals surface area contributed by atoms with Crippen LogP contribution in [0.3, 0.4) is 0 Å². The fourth-order valence-corrected chi connectivity index (χ4v) is 2.83. The molecule has 144 valence electrons. The number of nitrogens with one attached hydrogen (secondary N) is 1. The zero-order valence-corrected chi connectivity index (χ0v) is 15.4. The van der Waals surface area contributed by atoms with Gasteiger partial charge < -0.3 is 16.2 Å². The van der Waals surface area contributed by atoms with Crippen LogP contribution in [0.1, 0.15) is 22.8 Å². The zero-order chi connectivity index (χ0) is 20.2. The van der Waals surface area contributed by atoms with Gasteiger partial charge in [0.05, 0.1) is 5.56 Å². The quantitative estimate of drug-likeness (QED) is 0.639. The number of nitrogens with two attached hydrogens (primary N) is 1. The second-order valence-corrected chi connectivity index (χ2v) is 6.74. The van der Waals surface area contributed by atoms with Gasteiger partial charge in [0.25, 0.3) is 5.91 Å². The minimum absolute atomic E-state index is 0.0359. The van der Waals surface area contributed by atoms with Gasteiger partial charge in [-0.05, 0) is 35.4 Å². The Labute approximate surface area is 161 Å². The molecular formula is C18H16BrF3N2O3. The van der Waals surface area contributed by atoms with Crippen LogP contribution in [-0.2, 0) is 22.2 Å². The number of hydrogen-bond acceptors (Lipinski definition) is 3. The van der Waals surface area contributed by atoms with Gasteiger partial charge in [-0.15, -0.1) is 0 Å². The number of carbonyl (C=O) groups excluding carboxylic acids is 2. The number of halogens is 4. The summed E-state index contributed by atoms with van der Waals surface area (Å²) in [5.41, 5.74) is 5.09. The molecule has 0 saturated heterocycles. The number of aliphatic hydroxyl groups excluding tert-OH is 1. The predicted octanol–water partition coefficient (Wildman–Crippen LogP) is 2.71. The van der Waals surface area contributed by atoms with Crippen molar-refractivity contribution in [3.05, 3.63) is 69.7 Å². The van der Waals surface area contributed by atoms with E-state index in [1.54, 1.807) is 24.3 Å². The summed E-state index contributed by atoms with van der Waals surface area (Å²) in [5.74, 6) is -1.74. The molecule has 0 radical (unpaired) electrons. The third-order valence-corrected chi connectivity index (χ3v) is 4.28. The van der Waals surface area contributed by atoms with Crippen molar-refractivity contribution in [2.75, 3.05) is 0 Å². The third-order valence-electron chi connectivity index (χ3n) is 3.79. The van der Waals surface area contributed by atoms with Crippen molar-refractivity contribution in [2.24, 2.45) is 5.73 Å². The van der Waals surface area contributed by atoms with E-state index in [0.29, 0.717) is 0 Å². The van der Waals surface area contributed by atoms with Gasteiger partial charge in [0.1, 0.15) is 6.04 Å². The molecule has 0 unspecified atom stereocenters. The Kier molecular flexibility index (Phi) is 6.61. The molecule has 2 aromatic carbocycles. The molecule has 4 N–H and O–H groups in total. The van der Waals surface area contributed by atoms with E-state index in [9.17, 15) is 27.9 Å². The predicted molar refractivity (Wildman–Crippen MR) is 95.4 cm³/mol. The second-order valence-electron chi connectivity index (χ2n) is 5.82. The Morgan fingerprint density at radius 2 is 1.78 bits per heavy atom. The first-order chi connectivity index (χ1) is 12.6. The average Bonchev–Trinajstić information content (AvgIpc) is 2.59. The molecule has 0 aliphatic rings. The van der Waals surface area contributed by atoms with Crippen LogP contribution >= 0.6 is 15.9 Å². The first kappa shape index (κ1) is 20.9. The van der Waals surface area contributed by atoms with E-state index >= 15 is 0 Å². The van der Waals surface area contributed by atoms with Crippen LogP contribution in [0, 0.1) is 0 Å². The highest BCUT2D eigenvalue weighted by Gasteiger charge is 2.31. The van der Waals surface area contributed by atoms with Crippen molar-refractivity contribution >= 4 is 27.7 Å². The maximum atomic E-state index is 12.6. The van der Waals surface area contributed by atoms with Crippen molar-refractivity contribution in [3.8, 4) is 0 Å². The standard InChI is InChI=1S/C18H16BrF3N2O3/c19-13-3-1-2-10(8-13)9-14(16(23)26)24-17(27)15(25)11-4-6-12(7-5-11)18(20,21)22/h1-8,14-15,25H,9H2,(H2,23,26)(H,24,27)/t14-,15-/m1/s1. The summed E-state index contributed by atoms with van der Waals surface area (Å²) in [4.78, 5) is 23.8. The van der Waals surface area contributed by atoms with Crippen molar-refractivity contribution in [3.63, 3.8) is 0 Å². The van der Waals surface area contributed by atoms with Crippen LogP contribution in [0.25, 0.3) is 0 Å². The number of aliphatic hydroxyl groups is 1. The van der Waals surface area contributed by atoms with Crippen LogP contribution < -0.4 is 11.1 Å². The summed E-state index contributed by atoms with van der Waals surface area (Å²) in [6.07, 6.45) is -6.16. The van der Waals surface area contributed by atoms with Crippen molar-refractivity contribution in [2.45, 2.75) is 24.7 Å². The average molecular weight is 445 g/mol. The monoisotopic (exact) mass is 444 g/mol. The van der Waals surface area contributed by atoms with Crippen molar-refractivity contribution in [1.29, 1.82) is 0 Å². The largest absolute Gasteiger partial charge is 0.416 e. The molecule has 0 fully saturated rings. The highest BCUT2D eigenvalue weighted by atomic mass is 79.9. The van der Waals surface area contributed by atoms with Crippen LogP contribution in [0.4, 0.5) is 13.2 Å². The molecule has 2 amide bonds. The lowest BCUT2D eigenvalue weighted by molar-refractivity contribution is -0.137. The molecule has 0 aromatic heterocycles. The minimum Gasteiger partial charge on any atom is -0.378 e. The zero-order valence-electron chi connectivity index (χ0n) is 13.8. The van der Waals surface area contributed by atoms with Crippen molar-refractivity contribution in [1.82, 2.24) is 5.32 Å². The fourth-order valence-electron chi connectivity index (χ4n) is 2.38. The lowest BCUT2D eigenvalue weighted by Crippen LogP contribution is -2.47. The number of hydrogen-bond donors (Lipinski definition) is 3. The highest BCUT2D eigenvalue weighted by Crippen LogP contribution is 2.30. The smallest absolute Gasteiger partial charge is 0.378 e. The minimum atomic E-state index is -4.52. The molecule has 0 aliphatic carbocycles. The Morgan fingerprint density at radius 1 is 1.15 bits per heavy atom. The van der Waals surface area contributed by atoms with Gasteiger partial charge in [0.2, 0.25) is 5.91 Å². The van der Waals surface area contributed by atoms with Gasteiger partial charge in [-0.25, -0.2) is 0 Å². The summed E-state index contributed by atoms with van der Waals surface area (Å²) >= 11 is 3.29. The molecule has 0 aliphatic heterocycles. The molecule has 0 saturated carbocycles. The summed E-state index contributed by atoms with van der Waals surface area (Å²) in [5, 5.41) is 12.4. The third kappa shape index (κ3) is 5.80. The van der Waals surface area contributed by atoms with E-state index in [1.165, 1.54) is 0 Å². The van der Waals surface area contributed by atoms with Gasteiger partial charge in [-0.3, -0.25) is 9.59 Å². The number of benzene rings is 2. The van der Waals surface area contributed by atoms with Crippen LogP contribution in [-0.4, -0.2) is 23.0 Å². The summed E-state index contributed by atoms with van der Waals surface area (Å²) in [6, 6.07) is 9.45. The molecule has 2 aromatic rings. The SMILES string of the molecule is NC(=O)[C@@H](Cc1cccc(Br)c1)NC(=O)[C@H](O)c1ccc(C(F)(F)F)cc1. The number of rotatable bonds is 6. The molecule has 0 bridgehead atoms. The Balaban J connectivity index is 2.09. The molecule has 2 rings (SSSR count). The molecule has 2 atom stereocenters. The number of carbonyl (C=O) groups is 2. The van der Waals surface area contributed by atoms with Gasteiger partial charge in [-0.1, -0.05) is 40.2 Å². The van der Waals surface area contributed by atoms with E-state index in [1.807, 2.05) is 0 Å². The van der Waals surface area contributed by atoms with E-state index in [-0.39, 0.29) is 12.0 Å². The Bertz CT molecular complexity index is 825. The fraction of sp³-hybridized carbons (Fsp3) is 0.222. The van der Waals surface area contributed by atoms with E-state index in [4.69, 9.17) is 5.73 Å². The second kappa shape index (κ2) is 8.53. The van der Waals surface area contributed by atoms with Crippen LogP contribution in [0.15, 0.2) is 53.0 Å². The van der Waals surface area contributed by atoms with Crippen LogP contribution in [0.2, 0.25) is 0 Å². The Morgan fingerprint density at radius 3 is 2.30 bits per heavy atom. The van der Waals surface area contributed by atoms with E-state index < -0.39 is 35.7 Å². The van der Waals surface area contributed by atoms with Gasteiger partial charge in [-0.2, -0.15) is 13.2 Å². The molecule has 9 heteroatoms. The maximum absolute atomic E-state index is 12.6. The lowest BCUT2D eigenvalue weighted by Gasteiger charge is -2.19. The molecular weight excluding hydrogens is 429 g/mol. The van der Waals surface area contributed by atoms with Gasteiger partial charge >= 0.3 is 6.18 Å². The molecule has 0 heterocycles. The topological polar surface area (TPSA) is 92.4 Å². The number of primary amides is 1. The molecule has 0 spiro atoms. The first-order valence-corrected chi connectivity index (χ1v) is 8.56. The summed E-state index contributed by atoms with van der Waals surface area (Å²) in [7, 11) is 0. The normalized spacial score (nSPS) is 13.7.